The Labute approximate surface area is 206 Å². The normalized spacial score (nSPS) is 16.0. The molecule has 0 spiro atoms. The summed E-state index contributed by atoms with van der Waals surface area (Å²) in [6, 6.07) is 23.4. The van der Waals surface area contributed by atoms with Crippen molar-refractivity contribution in [2.24, 2.45) is 0 Å². The molecule has 3 aromatic rings. The Morgan fingerprint density at radius 2 is 1.71 bits per heavy atom. The van der Waals surface area contributed by atoms with Crippen LogP contribution >= 0.6 is 0 Å². The van der Waals surface area contributed by atoms with E-state index in [1.165, 1.54) is 21.9 Å². The number of benzene rings is 3. The molecule has 0 unspecified atom stereocenters. The molecule has 184 valence electrons. The Morgan fingerprint density at radius 3 is 2.46 bits per heavy atom. The highest BCUT2D eigenvalue weighted by molar-refractivity contribution is 5.90. The monoisotopic (exact) mass is 474 g/mol. The molecule has 0 aromatic heterocycles. The van der Waals surface area contributed by atoms with Crippen LogP contribution in [-0.2, 0) is 26.2 Å². The molecule has 3 aromatic carbocycles. The molecule has 6 heteroatoms. The average Bonchev–Trinajstić information content (AvgIpc) is 2.90. The Hall–Kier alpha value is -3.22. The maximum atomic E-state index is 12.9. The van der Waals surface area contributed by atoms with Crippen LogP contribution in [0.1, 0.15) is 48.9 Å². The molecule has 0 radical (unpaired) electrons. The van der Waals surface area contributed by atoms with Crippen LogP contribution in [0, 0.1) is 0 Å². The van der Waals surface area contributed by atoms with Crippen LogP contribution < -0.4 is 10.6 Å². The SMILES string of the molecule is C[C@@H](NCCCc1ccc(C2(C(=O)NCC(=O)O)CCOCC2)cc1)c1cccc2ccccc12. The van der Waals surface area contributed by atoms with Gasteiger partial charge in [0.2, 0.25) is 5.91 Å². The summed E-state index contributed by atoms with van der Waals surface area (Å²) in [5.74, 6) is -1.28. The maximum Gasteiger partial charge on any atom is 0.322 e. The van der Waals surface area contributed by atoms with E-state index in [1.54, 1.807) is 0 Å². The summed E-state index contributed by atoms with van der Waals surface area (Å²) in [6.45, 7) is 3.72. The molecule has 1 heterocycles. The lowest BCUT2D eigenvalue weighted by Crippen LogP contribution is -2.49. The number of carboxylic acids is 1. The number of hydrogen-bond donors (Lipinski definition) is 3. The lowest BCUT2D eigenvalue weighted by atomic mass is 9.73. The van der Waals surface area contributed by atoms with Gasteiger partial charge in [0.15, 0.2) is 0 Å². The summed E-state index contributed by atoms with van der Waals surface area (Å²) in [5.41, 5.74) is 2.73. The Balaban J connectivity index is 1.34. The van der Waals surface area contributed by atoms with E-state index in [0.717, 1.165) is 24.9 Å². The number of aryl methyl sites for hydroxylation is 1. The first-order chi connectivity index (χ1) is 17.0. The molecule has 1 aliphatic rings. The molecule has 0 aliphatic carbocycles. The second kappa shape index (κ2) is 11.5. The lowest BCUT2D eigenvalue weighted by Gasteiger charge is -2.36. The predicted molar refractivity (Wildman–Crippen MR) is 138 cm³/mol. The third-order valence-electron chi connectivity index (χ3n) is 7.07. The van der Waals surface area contributed by atoms with Gasteiger partial charge < -0.3 is 20.5 Å². The number of amides is 1. The first-order valence-corrected chi connectivity index (χ1v) is 12.4. The minimum absolute atomic E-state index is 0.234. The number of rotatable bonds is 10. The Bertz CT molecular complexity index is 1150. The fourth-order valence-electron chi connectivity index (χ4n) is 5.03. The summed E-state index contributed by atoms with van der Waals surface area (Å²) in [5, 5.41) is 17.7. The first-order valence-electron chi connectivity index (χ1n) is 12.4. The van der Waals surface area contributed by atoms with Gasteiger partial charge in [0.1, 0.15) is 6.54 Å². The standard InChI is InChI=1S/C29H34N2O4/c1-21(25-10-4-8-23-7-2-3-9-26(23)25)30-17-5-6-22-11-13-24(14-12-22)29(15-18-35-19-16-29)28(34)31-20-27(32)33/h2-4,7-14,21,30H,5-6,15-20H2,1H3,(H,31,34)(H,32,33)/t21-/m1/s1. The van der Waals surface area contributed by atoms with Gasteiger partial charge in [-0.1, -0.05) is 66.7 Å². The molecule has 1 aliphatic heterocycles. The van der Waals surface area contributed by atoms with E-state index in [-0.39, 0.29) is 18.5 Å². The number of ether oxygens (including phenoxy) is 1. The zero-order valence-corrected chi connectivity index (χ0v) is 20.3. The van der Waals surface area contributed by atoms with E-state index < -0.39 is 11.4 Å². The third kappa shape index (κ3) is 5.89. The number of carbonyl (C=O) groups excluding carboxylic acids is 1. The van der Waals surface area contributed by atoms with Crippen molar-refractivity contribution in [3.8, 4) is 0 Å². The van der Waals surface area contributed by atoms with E-state index in [9.17, 15) is 9.59 Å². The van der Waals surface area contributed by atoms with E-state index in [2.05, 4.69) is 72.2 Å². The van der Waals surface area contributed by atoms with Gasteiger partial charge in [0, 0.05) is 19.3 Å². The van der Waals surface area contributed by atoms with E-state index in [0.29, 0.717) is 26.1 Å². The minimum Gasteiger partial charge on any atom is -0.480 e. The van der Waals surface area contributed by atoms with Gasteiger partial charge in [-0.2, -0.15) is 0 Å². The smallest absolute Gasteiger partial charge is 0.322 e. The Morgan fingerprint density at radius 1 is 1.00 bits per heavy atom. The number of carboxylic acid groups (broad SMARTS) is 1. The van der Waals surface area contributed by atoms with Crippen LogP contribution in [0.2, 0.25) is 0 Å². The molecule has 3 N–H and O–H groups in total. The molecule has 0 bridgehead atoms. The summed E-state index contributed by atoms with van der Waals surface area (Å²) < 4.78 is 5.48. The van der Waals surface area contributed by atoms with Gasteiger partial charge in [0.05, 0.1) is 5.41 Å². The fourth-order valence-corrected chi connectivity index (χ4v) is 5.03. The molecule has 1 amide bonds. The molecule has 0 saturated carbocycles. The van der Waals surface area contributed by atoms with Gasteiger partial charge in [0.25, 0.3) is 0 Å². The first kappa shape index (κ1) is 24.9. The van der Waals surface area contributed by atoms with Crippen molar-refractivity contribution in [3.63, 3.8) is 0 Å². The zero-order chi connectivity index (χ0) is 24.7. The second-order valence-electron chi connectivity index (χ2n) is 9.32. The molecule has 6 nitrogen and oxygen atoms in total. The Kier molecular flexibility index (Phi) is 8.16. The van der Waals surface area contributed by atoms with Crippen LogP contribution in [-0.4, -0.2) is 43.3 Å². The summed E-state index contributed by atoms with van der Waals surface area (Å²) in [4.78, 5) is 23.9. The van der Waals surface area contributed by atoms with Crippen molar-refractivity contribution in [1.82, 2.24) is 10.6 Å². The van der Waals surface area contributed by atoms with Crippen molar-refractivity contribution in [3.05, 3.63) is 83.4 Å². The molecule has 1 fully saturated rings. The third-order valence-corrected chi connectivity index (χ3v) is 7.07. The minimum atomic E-state index is -1.04. The second-order valence-corrected chi connectivity index (χ2v) is 9.32. The van der Waals surface area contributed by atoms with E-state index >= 15 is 0 Å². The van der Waals surface area contributed by atoms with Crippen LogP contribution in [0.4, 0.5) is 0 Å². The van der Waals surface area contributed by atoms with Crippen molar-refractivity contribution in [1.29, 1.82) is 0 Å². The number of nitrogens with one attached hydrogen (secondary N) is 2. The lowest BCUT2D eigenvalue weighted by molar-refractivity contribution is -0.139. The van der Waals surface area contributed by atoms with Gasteiger partial charge >= 0.3 is 5.97 Å². The highest BCUT2D eigenvalue weighted by Crippen LogP contribution is 2.35. The van der Waals surface area contributed by atoms with E-state index in [1.807, 2.05) is 12.1 Å². The molecule has 4 rings (SSSR count). The number of fused-ring (bicyclic) bond motifs is 1. The van der Waals surface area contributed by atoms with Crippen LogP contribution in [0.25, 0.3) is 10.8 Å². The topological polar surface area (TPSA) is 87.7 Å². The van der Waals surface area contributed by atoms with E-state index in [4.69, 9.17) is 9.84 Å². The molecule has 1 saturated heterocycles. The quantitative estimate of drug-likeness (QED) is 0.380. The summed E-state index contributed by atoms with van der Waals surface area (Å²) >= 11 is 0. The highest BCUT2D eigenvalue weighted by Gasteiger charge is 2.41. The fraction of sp³-hybridized carbons (Fsp3) is 0.379. The number of carbonyl (C=O) groups is 2. The largest absolute Gasteiger partial charge is 0.480 e. The van der Waals surface area contributed by atoms with Gasteiger partial charge in [-0.05, 0) is 66.6 Å². The van der Waals surface area contributed by atoms with Crippen LogP contribution in [0.15, 0.2) is 66.7 Å². The number of aliphatic carboxylic acids is 1. The van der Waals surface area contributed by atoms with Crippen LogP contribution in [0.5, 0.6) is 0 Å². The summed E-state index contributed by atoms with van der Waals surface area (Å²) in [7, 11) is 0. The molecule has 35 heavy (non-hydrogen) atoms. The van der Waals surface area contributed by atoms with Crippen molar-refractivity contribution in [2.45, 2.75) is 44.1 Å². The molecular formula is C29H34N2O4. The van der Waals surface area contributed by atoms with Crippen molar-refractivity contribution >= 4 is 22.6 Å². The predicted octanol–water partition coefficient (Wildman–Crippen LogP) is 4.37. The summed E-state index contributed by atoms with van der Waals surface area (Å²) in [6.07, 6.45) is 3.05. The van der Waals surface area contributed by atoms with Gasteiger partial charge in [-0.3, -0.25) is 9.59 Å². The highest BCUT2D eigenvalue weighted by atomic mass is 16.5. The van der Waals surface area contributed by atoms with Crippen molar-refractivity contribution in [2.75, 3.05) is 26.3 Å². The maximum absolute atomic E-state index is 12.9. The average molecular weight is 475 g/mol. The molecular weight excluding hydrogens is 440 g/mol. The van der Waals surface area contributed by atoms with Gasteiger partial charge in [-0.15, -0.1) is 0 Å². The molecule has 1 atom stereocenters. The van der Waals surface area contributed by atoms with Crippen molar-refractivity contribution < 1.29 is 19.4 Å². The van der Waals surface area contributed by atoms with Crippen LogP contribution in [0.3, 0.4) is 0 Å². The number of hydrogen-bond acceptors (Lipinski definition) is 4. The zero-order valence-electron chi connectivity index (χ0n) is 20.3. The van der Waals surface area contributed by atoms with Gasteiger partial charge in [-0.25, -0.2) is 0 Å².